The number of hydrogen-bond donors (Lipinski definition) is 2. The molecule has 2 N–H and O–H groups in total. The van der Waals surface area contributed by atoms with Gasteiger partial charge in [0.05, 0.1) is 6.54 Å². The molecule has 0 aromatic rings. The molecule has 1 heterocycles. The van der Waals surface area contributed by atoms with E-state index in [0.717, 1.165) is 25.7 Å². The largest absolute Gasteiger partial charge is 0.480 e. The van der Waals surface area contributed by atoms with Crippen LogP contribution in [-0.2, 0) is 14.4 Å². The van der Waals surface area contributed by atoms with Crippen molar-refractivity contribution in [2.75, 3.05) is 13.1 Å². The maximum Gasteiger partial charge on any atom is 0.329 e. The van der Waals surface area contributed by atoms with Gasteiger partial charge in [0.2, 0.25) is 11.8 Å². The third-order valence-electron chi connectivity index (χ3n) is 3.89. The molecule has 0 bridgehead atoms. The average molecular weight is 298 g/mol. The fourth-order valence-electron chi connectivity index (χ4n) is 2.63. The summed E-state index contributed by atoms with van der Waals surface area (Å²) in [6, 6.07) is 0. The van der Waals surface area contributed by atoms with E-state index in [0.29, 0.717) is 25.8 Å². The number of rotatable bonds is 6. The van der Waals surface area contributed by atoms with Gasteiger partial charge in [0.15, 0.2) is 0 Å². The first-order valence-corrected chi connectivity index (χ1v) is 7.71. The van der Waals surface area contributed by atoms with E-state index < -0.39 is 17.4 Å². The quantitative estimate of drug-likeness (QED) is 0.778. The van der Waals surface area contributed by atoms with Gasteiger partial charge < -0.3 is 15.3 Å². The zero-order chi connectivity index (χ0) is 15.9. The van der Waals surface area contributed by atoms with E-state index in [-0.39, 0.29) is 12.5 Å². The highest BCUT2D eigenvalue weighted by Crippen LogP contribution is 2.14. The van der Waals surface area contributed by atoms with Crippen LogP contribution in [0.3, 0.4) is 0 Å². The van der Waals surface area contributed by atoms with E-state index in [2.05, 4.69) is 5.32 Å². The highest BCUT2D eigenvalue weighted by atomic mass is 16.4. The van der Waals surface area contributed by atoms with Crippen LogP contribution in [-0.4, -0.2) is 46.4 Å². The number of hydrogen-bond acceptors (Lipinski definition) is 3. The molecule has 1 aliphatic rings. The number of carboxylic acids is 1. The van der Waals surface area contributed by atoms with E-state index in [4.69, 9.17) is 0 Å². The lowest BCUT2D eigenvalue weighted by molar-refractivity contribution is -0.147. The molecule has 0 aliphatic carbocycles. The molecule has 0 saturated carbocycles. The van der Waals surface area contributed by atoms with Gasteiger partial charge in [-0.1, -0.05) is 26.2 Å². The van der Waals surface area contributed by atoms with Crippen LogP contribution in [0.5, 0.6) is 0 Å². The number of nitrogens with zero attached hydrogens (tertiary/aromatic N) is 1. The zero-order valence-corrected chi connectivity index (χ0v) is 13.0. The first-order chi connectivity index (χ1) is 9.89. The Labute approximate surface area is 125 Å². The molecule has 0 radical (unpaired) electrons. The van der Waals surface area contributed by atoms with Crippen LogP contribution >= 0.6 is 0 Å². The summed E-state index contributed by atoms with van der Waals surface area (Å²) >= 11 is 0. The Morgan fingerprint density at radius 1 is 1.29 bits per heavy atom. The van der Waals surface area contributed by atoms with E-state index in [1.807, 2.05) is 6.92 Å². The zero-order valence-electron chi connectivity index (χ0n) is 13.0. The van der Waals surface area contributed by atoms with Crippen LogP contribution in [0.15, 0.2) is 0 Å². The molecule has 1 unspecified atom stereocenters. The van der Waals surface area contributed by atoms with Gasteiger partial charge in [-0.15, -0.1) is 0 Å². The Hall–Kier alpha value is -1.59. The standard InChI is InChI=1S/C15H26N2O4/c1-3-9-15(2,14(20)21)16-12(18)11-17-10-7-5-4-6-8-13(17)19/h3-11H2,1-2H3,(H,16,18)(H,20,21). The Balaban J connectivity index is 2.61. The maximum absolute atomic E-state index is 12.1. The van der Waals surface area contributed by atoms with Crippen molar-refractivity contribution in [3.63, 3.8) is 0 Å². The van der Waals surface area contributed by atoms with Crippen LogP contribution in [0, 0.1) is 0 Å². The number of amides is 2. The van der Waals surface area contributed by atoms with Crippen molar-refractivity contribution in [1.29, 1.82) is 0 Å². The third-order valence-corrected chi connectivity index (χ3v) is 3.89. The summed E-state index contributed by atoms with van der Waals surface area (Å²) in [6.45, 7) is 3.90. The van der Waals surface area contributed by atoms with E-state index in [1.54, 1.807) is 4.90 Å². The van der Waals surface area contributed by atoms with Crippen LogP contribution in [0.2, 0.25) is 0 Å². The van der Waals surface area contributed by atoms with Crippen molar-refractivity contribution in [3.8, 4) is 0 Å². The first kappa shape index (κ1) is 17.5. The molecule has 6 heteroatoms. The number of aliphatic carboxylic acids is 1. The fraction of sp³-hybridized carbons (Fsp3) is 0.800. The average Bonchev–Trinajstić information content (AvgIpc) is 2.38. The molecule has 1 aliphatic heterocycles. The monoisotopic (exact) mass is 298 g/mol. The lowest BCUT2D eigenvalue weighted by atomic mass is 9.96. The molecule has 0 spiro atoms. The van der Waals surface area contributed by atoms with Crippen molar-refractivity contribution < 1.29 is 19.5 Å². The lowest BCUT2D eigenvalue weighted by Gasteiger charge is -2.29. The van der Waals surface area contributed by atoms with Crippen LogP contribution in [0.4, 0.5) is 0 Å². The summed E-state index contributed by atoms with van der Waals surface area (Å²) in [6.07, 6.45) is 5.36. The normalized spacial score (nSPS) is 19.3. The van der Waals surface area contributed by atoms with Gasteiger partial charge >= 0.3 is 5.97 Å². The Kier molecular flexibility index (Phi) is 6.65. The van der Waals surface area contributed by atoms with Crippen molar-refractivity contribution in [3.05, 3.63) is 0 Å². The van der Waals surface area contributed by atoms with E-state index in [9.17, 15) is 19.5 Å². The highest BCUT2D eigenvalue weighted by molar-refractivity contribution is 5.89. The van der Waals surface area contributed by atoms with Gasteiger partial charge in [-0.05, 0) is 26.2 Å². The number of carboxylic acid groups (broad SMARTS) is 1. The third kappa shape index (κ3) is 5.36. The Bertz CT molecular complexity index is 397. The summed E-state index contributed by atoms with van der Waals surface area (Å²) in [5.74, 6) is -1.46. The Morgan fingerprint density at radius 3 is 2.57 bits per heavy atom. The predicted octanol–water partition coefficient (Wildman–Crippen LogP) is 1.54. The number of nitrogens with one attached hydrogen (secondary N) is 1. The van der Waals surface area contributed by atoms with Gasteiger partial charge in [-0.3, -0.25) is 9.59 Å². The fourth-order valence-corrected chi connectivity index (χ4v) is 2.63. The van der Waals surface area contributed by atoms with Crippen LogP contribution < -0.4 is 5.32 Å². The second-order valence-electron chi connectivity index (χ2n) is 5.91. The van der Waals surface area contributed by atoms with Crippen LogP contribution in [0.1, 0.15) is 58.8 Å². The molecule has 2 amide bonds. The highest BCUT2D eigenvalue weighted by Gasteiger charge is 2.34. The van der Waals surface area contributed by atoms with Gasteiger partial charge in [-0.2, -0.15) is 0 Å². The van der Waals surface area contributed by atoms with Gasteiger partial charge in [0.25, 0.3) is 0 Å². The maximum atomic E-state index is 12.1. The van der Waals surface area contributed by atoms with E-state index >= 15 is 0 Å². The molecular formula is C15H26N2O4. The van der Waals surface area contributed by atoms with Crippen molar-refractivity contribution in [1.82, 2.24) is 10.2 Å². The van der Waals surface area contributed by atoms with Crippen molar-refractivity contribution in [2.45, 2.75) is 64.3 Å². The minimum atomic E-state index is -1.27. The molecule has 120 valence electrons. The second kappa shape index (κ2) is 8.00. The molecule has 6 nitrogen and oxygen atoms in total. The second-order valence-corrected chi connectivity index (χ2v) is 5.91. The minimum absolute atomic E-state index is 0.0163. The summed E-state index contributed by atoms with van der Waals surface area (Å²) in [4.78, 5) is 36.9. The smallest absolute Gasteiger partial charge is 0.329 e. The van der Waals surface area contributed by atoms with Crippen molar-refractivity contribution >= 4 is 17.8 Å². The van der Waals surface area contributed by atoms with Gasteiger partial charge in [0, 0.05) is 13.0 Å². The number of carbonyl (C=O) groups is 3. The van der Waals surface area contributed by atoms with Crippen LogP contribution in [0.25, 0.3) is 0 Å². The predicted molar refractivity (Wildman–Crippen MR) is 78.8 cm³/mol. The summed E-state index contributed by atoms with van der Waals surface area (Å²) in [5.41, 5.74) is -1.27. The summed E-state index contributed by atoms with van der Waals surface area (Å²) < 4.78 is 0. The first-order valence-electron chi connectivity index (χ1n) is 7.71. The minimum Gasteiger partial charge on any atom is -0.480 e. The molecule has 0 aromatic heterocycles. The Morgan fingerprint density at radius 2 is 1.95 bits per heavy atom. The molecule has 1 fully saturated rings. The molecule has 21 heavy (non-hydrogen) atoms. The number of likely N-dealkylation sites (tertiary alicyclic amines) is 1. The molecule has 1 saturated heterocycles. The number of carbonyl (C=O) groups excluding carboxylic acids is 2. The van der Waals surface area contributed by atoms with Gasteiger partial charge in [0.1, 0.15) is 5.54 Å². The summed E-state index contributed by atoms with van der Waals surface area (Å²) in [5, 5.41) is 11.8. The van der Waals surface area contributed by atoms with E-state index in [1.165, 1.54) is 6.92 Å². The van der Waals surface area contributed by atoms with Gasteiger partial charge in [-0.25, -0.2) is 4.79 Å². The summed E-state index contributed by atoms with van der Waals surface area (Å²) in [7, 11) is 0. The lowest BCUT2D eigenvalue weighted by Crippen LogP contribution is -2.55. The molecule has 1 rings (SSSR count). The van der Waals surface area contributed by atoms with Crippen molar-refractivity contribution in [2.24, 2.45) is 0 Å². The molecular weight excluding hydrogens is 272 g/mol. The topological polar surface area (TPSA) is 86.7 Å². The molecule has 0 aromatic carbocycles. The SMILES string of the molecule is CCCC(C)(NC(=O)CN1CCCCCCC1=O)C(=O)O. The molecule has 1 atom stereocenters.